The highest BCUT2D eigenvalue weighted by Crippen LogP contribution is 2.06. The number of carbonyl (C=O) groups is 3. The molecule has 1 heterocycles. The van der Waals surface area contributed by atoms with Crippen molar-refractivity contribution in [2.75, 3.05) is 0 Å². The third kappa shape index (κ3) is 7.84. The third-order valence-corrected chi connectivity index (χ3v) is 5.02. The number of hydrogen-bond acceptors (Lipinski definition) is 3. The van der Waals surface area contributed by atoms with E-state index in [1.165, 1.54) is 6.92 Å². The van der Waals surface area contributed by atoms with Gasteiger partial charge in [0.1, 0.15) is 17.6 Å². The number of amides is 3. The Balaban J connectivity index is 0.00000385. The fourth-order valence-electron chi connectivity index (χ4n) is 3.23. The number of carbonyl (C=O) groups excluding carboxylic acids is 3. The van der Waals surface area contributed by atoms with Crippen LogP contribution < -0.4 is 37.9 Å². The zero-order valence-corrected chi connectivity index (χ0v) is 19.9. The van der Waals surface area contributed by atoms with Crippen molar-refractivity contribution >= 4 is 17.7 Å². The molecule has 2 aromatic carbocycles. The normalized spacial score (nSPS) is 12.0. The molecule has 33 heavy (non-hydrogen) atoms. The third-order valence-electron chi connectivity index (χ3n) is 5.02. The molecule has 3 amide bonds. The van der Waals surface area contributed by atoms with E-state index in [4.69, 9.17) is 5.73 Å². The summed E-state index contributed by atoms with van der Waals surface area (Å²) >= 11 is 0. The van der Waals surface area contributed by atoms with Gasteiger partial charge in [0.15, 0.2) is 18.9 Å². The number of primary amides is 1. The Morgan fingerprint density at radius 2 is 1.48 bits per heavy atom. The molecule has 3 rings (SSSR count). The van der Waals surface area contributed by atoms with Gasteiger partial charge in [0, 0.05) is 18.1 Å². The van der Waals surface area contributed by atoms with Gasteiger partial charge in [-0.2, -0.15) is 4.57 Å². The number of hydrogen-bond donors (Lipinski definition) is 3. The van der Waals surface area contributed by atoms with Crippen molar-refractivity contribution in [3.05, 3.63) is 102 Å². The first-order valence-electron chi connectivity index (χ1n) is 10.4. The fraction of sp³-hybridized carbons (Fsp3) is 0.200. The van der Waals surface area contributed by atoms with Crippen molar-refractivity contribution in [3.8, 4) is 0 Å². The van der Waals surface area contributed by atoms with Crippen LogP contribution in [0.5, 0.6) is 0 Å². The highest BCUT2D eigenvalue weighted by atomic mass is 79.9. The molecule has 0 aliphatic carbocycles. The summed E-state index contributed by atoms with van der Waals surface area (Å²) in [6, 6.07) is 21.0. The molecule has 0 saturated carbocycles. The van der Waals surface area contributed by atoms with E-state index in [2.05, 4.69) is 10.6 Å². The lowest BCUT2D eigenvalue weighted by molar-refractivity contribution is -0.688. The Kier molecular flexibility index (Phi) is 9.75. The summed E-state index contributed by atoms with van der Waals surface area (Å²) in [7, 11) is 0. The van der Waals surface area contributed by atoms with Gasteiger partial charge in [0.25, 0.3) is 5.91 Å². The van der Waals surface area contributed by atoms with Gasteiger partial charge in [-0.1, -0.05) is 60.7 Å². The summed E-state index contributed by atoms with van der Waals surface area (Å²) in [5.74, 6) is -1.50. The molecule has 0 radical (unpaired) electrons. The van der Waals surface area contributed by atoms with Crippen molar-refractivity contribution < 1.29 is 35.9 Å². The maximum Gasteiger partial charge on any atom is 0.258 e. The predicted octanol–water partition coefficient (Wildman–Crippen LogP) is -1.64. The van der Waals surface area contributed by atoms with E-state index in [9.17, 15) is 14.4 Å². The second-order valence-corrected chi connectivity index (χ2v) is 7.60. The lowest BCUT2D eigenvalue weighted by Crippen LogP contribution is -3.00. The zero-order chi connectivity index (χ0) is 22.9. The van der Waals surface area contributed by atoms with Gasteiger partial charge < -0.3 is 33.3 Å². The molecule has 0 aliphatic rings. The Morgan fingerprint density at radius 3 is 2.09 bits per heavy atom. The first-order chi connectivity index (χ1) is 15.4. The molecule has 2 unspecified atom stereocenters. The fourth-order valence-corrected chi connectivity index (χ4v) is 3.23. The Bertz CT molecular complexity index is 1080. The van der Waals surface area contributed by atoms with E-state index < -0.39 is 23.9 Å². The average molecular weight is 511 g/mol. The van der Waals surface area contributed by atoms with Gasteiger partial charge in [-0.15, -0.1) is 0 Å². The minimum Gasteiger partial charge on any atom is -1.00 e. The van der Waals surface area contributed by atoms with Crippen LogP contribution in [0.25, 0.3) is 0 Å². The van der Waals surface area contributed by atoms with Gasteiger partial charge in [-0.25, -0.2) is 0 Å². The molecule has 8 heteroatoms. The second kappa shape index (κ2) is 12.5. The molecule has 4 N–H and O–H groups in total. The summed E-state index contributed by atoms with van der Waals surface area (Å²) in [6.07, 6.45) is 3.90. The summed E-state index contributed by atoms with van der Waals surface area (Å²) in [5, 5.41) is 5.37. The summed E-state index contributed by atoms with van der Waals surface area (Å²) in [6.45, 7) is 2.12. The minimum atomic E-state index is -0.866. The van der Waals surface area contributed by atoms with Crippen LogP contribution in [-0.4, -0.2) is 29.8 Å². The molecule has 172 valence electrons. The molecule has 0 aliphatic heterocycles. The van der Waals surface area contributed by atoms with Crippen molar-refractivity contribution in [1.82, 2.24) is 10.6 Å². The molecule has 0 bridgehead atoms. The SMILES string of the molecule is CC(NC(=O)C(Cc1ccccc1)NC(=O)c1ccc[n+](Cc2ccccc2)c1)C(N)=O.[Br-]. The summed E-state index contributed by atoms with van der Waals surface area (Å²) in [4.78, 5) is 37.1. The molecular weight excluding hydrogens is 484 g/mol. The van der Waals surface area contributed by atoms with Gasteiger partial charge in [-0.05, 0) is 18.6 Å². The van der Waals surface area contributed by atoms with E-state index in [1.807, 2.05) is 71.4 Å². The molecule has 3 aromatic rings. The number of nitrogens with two attached hydrogens (primary N) is 1. The smallest absolute Gasteiger partial charge is 0.258 e. The zero-order valence-electron chi connectivity index (χ0n) is 18.3. The first kappa shape index (κ1) is 25.7. The number of aromatic nitrogens is 1. The van der Waals surface area contributed by atoms with E-state index in [0.717, 1.165) is 11.1 Å². The predicted molar refractivity (Wildman–Crippen MR) is 120 cm³/mol. The van der Waals surface area contributed by atoms with Crippen LogP contribution in [0.2, 0.25) is 0 Å². The van der Waals surface area contributed by atoms with E-state index in [1.54, 1.807) is 18.3 Å². The molecule has 1 aromatic heterocycles. The van der Waals surface area contributed by atoms with Crippen LogP contribution in [0.3, 0.4) is 0 Å². The molecule has 0 saturated heterocycles. The van der Waals surface area contributed by atoms with Crippen LogP contribution in [0, 0.1) is 0 Å². The monoisotopic (exact) mass is 510 g/mol. The number of pyridine rings is 1. The second-order valence-electron chi connectivity index (χ2n) is 7.60. The van der Waals surface area contributed by atoms with E-state index >= 15 is 0 Å². The highest BCUT2D eigenvalue weighted by Gasteiger charge is 2.25. The number of benzene rings is 2. The number of nitrogens with one attached hydrogen (secondary N) is 2. The van der Waals surface area contributed by atoms with Crippen molar-refractivity contribution in [1.29, 1.82) is 0 Å². The summed E-state index contributed by atoms with van der Waals surface area (Å²) < 4.78 is 1.91. The van der Waals surface area contributed by atoms with Crippen molar-refractivity contribution in [2.24, 2.45) is 5.73 Å². The molecule has 7 nitrogen and oxygen atoms in total. The van der Waals surface area contributed by atoms with Crippen LogP contribution >= 0.6 is 0 Å². The molecular formula is C25H27BrN4O3. The quantitative estimate of drug-likeness (QED) is 0.300. The van der Waals surface area contributed by atoms with Crippen LogP contribution in [0.1, 0.15) is 28.4 Å². The number of halogens is 1. The summed E-state index contributed by atoms with van der Waals surface area (Å²) in [5.41, 5.74) is 7.68. The standard InChI is InChI=1S/C25H26N4O3.BrH/c1-18(23(26)30)27-25(32)22(15-19-9-4-2-5-10-19)28-24(31)21-13-8-14-29(17-21)16-20-11-6-3-7-12-20;/h2-14,17-18,22H,15-16H2,1H3,(H3-,26,27,28,30,31,32);1H. The number of nitrogens with zero attached hydrogens (tertiary/aromatic N) is 1. The van der Waals surface area contributed by atoms with E-state index in [-0.39, 0.29) is 29.3 Å². The van der Waals surface area contributed by atoms with Crippen molar-refractivity contribution in [2.45, 2.75) is 32.0 Å². The van der Waals surface area contributed by atoms with Gasteiger partial charge in [-0.3, -0.25) is 14.4 Å². The molecule has 0 fully saturated rings. The average Bonchev–Trinajstić information content (AvgIpc) is 2.80. The lowest BCUT2D eigenvalue weighted by atomic mass is 10.0. The van der Waals surface area contributed by atoms with Gasteiger partial charge in [0.2, 0.25) is 11.8 Å². The molecule has 0 spiro atoms. The molecule has 2 atom stereocenters. The topological polar surface area (TPSA) is 105 Å². The number of rotatable bonds is 9. The van der Waals surface area contributed by atoms with Gasteiger partial charge in [0.05, 0.1) is 0 Å². The highest BCUT2D eigenvalue weighted by molar-refractivity contribution is 5.98. The maximum atomic E-state index is 13.0. The van der Waals surface area contributed by atoms with Crippen LogP contribution in [0.4, 0.5) is 0 Å². The lowest BCUT2D eigenvalue weighted by Gasteiger charge is -2.20. The largest absolute Gasteiger partial charge is 1.00 e. The van der Waals surface area contributed by atoms with E-state index in [0.29, 0.717) is 12.1 Å². The minimum absolute atomic E-state index is 0. The Morgan fingerprint density at radius 1 is 0.879 bits per heavy atom. The van der Waals surface area contributed by atoms with Crippen molar-refractivity contribution in [3.63, 3.8) is 0 Å². The Labute approximate surface area is 203 Å². The van der Waals surface area contributed by atoms with Gasteiger partial charge >= 0.3 is 0 Å². The first-order valence-corrected chi connectivity index (χ1v) is 10.4. The van der Waals surface area contributed by atoms with Crippen LogP contribution in [-0.2, 0) is 22.6 Å². The van der Waals surface area contributed by atoms with Crippen LogP contribution in [0.15, 0.2) is 85.2 Å². The Hall–Kier alpha value is -3.52. The maximum absolute atomic E-state index is 13.0.